The molecule has 41 heteroatoms. The molecule has 0 aliphatic carbocycles. The molecular weight excluding hydrogens is 1850 g/mol. The molecule has 7 aromatic rings. The summed E-state index contributed by atoms with van der Waals surface area (Å²) < 4.78 is 53.7. The van der Waals surface area contributed by atoms with E-state index in [4.69, 9.17) is 89.9 Å². The third-order valence-electron chi connectivity index (χ3n) is 25.5. The van der Waals surface area contributed by atoms with Crippen LogP contribution in [0.3, 0.4) is 0 Å². The molecule has 8 aliphatic rings. The second kappa shape index (κ2) is 46.3. The average Bonchev–Trinajstić information content (AvgIpc) is 0.763. The first-order valence-corrected chi connectivity index (χ1v) is 47.2. The molecule has 7 aromatic carbocycles. The number of nitrogens with one attached hydrogen (secondary N) is 11. The second-order valence-electron chi connectivity index (χ2n) is 36.7. The van der Waals surface area contributed by atoms with Crippen LogP contribution in [0.25, 0.3) is 22.3 Å². The average molecular weight is 1980 g/mol. The van der Waals surface area contributed by atoms with Crippen LogP contribution in [0.5, 0.6) is 40.2 Å². The van der Waals surface area contributed by atoms with Crippen LogP contribution >= 0.6 is 34.8 Å². The Labute approximate surface area is 812 Å². The maximum atomic E-state index is 16.8. The minimum atomic E-state index is -2.34. The first-order valence-electron chi connectivity index (χ1n) is 46.0. The van der Waals surface area contributed by atoms with E-state index in [0.29, 0.717) is 36.6 Å². The number of amides is 8. The number of carbonyl (C=O) groups excluding carboxylic acids is 8. The summed E-state index contributed by atoms with van der Waals surface area (Å²) in [4.78, 5) is 124. The largest absolute Gasteiger partial charge is 0.508 e. The number of aryl methyl sites for hydroxylation is 1. The molecular formula is C97H123Cl3N14O24. The summed E-state index contributed by atoms with van der Waals surface area (Å²) in [5.74, 6) is -13.3. The van der Waals surface area contributed by atoms with Crippen LogP contribution in [0, 0.1) is 12.8 Å². The highest BCUT2D eigenvalue weighted by Crippen LogP contribution is 2.51. The van der Waals surface area contributed by atoms with E-state index >= 15 is 28.8 Å². The van der Waals surface area contributed by atoms with E-state index in [1.54, 1.807) is 32.9 Å². The normalized spacial score (nSPS) is 28.1. The molecule has 8 aliphatic heterocycles. The Hall–Kier alpha value is -10.5. The van der Waals surface area contributed by atoms with Crippen molar-refractivity contribution in [2.24, 2.45) is 23.1 Å². The van der Waals surface area contributed by atoms with Crippen LogP contribution in [0.4, 0.5) is 0 Å². The van der Waals surface area contributed by atoms with Crippen LogP contribution in [0.15, 0.2) is 127 Å². The van der Waals surface area contributed by atoms with Crippen LogP contribution in [-0.2, 0) is 68.6 Å². The quantitative estimate of drug-likeness (QED) is 0.0259. The van der Waals surface area contributed by atoms with Crippen molar-refractivity contribution in [2.75, 3.05) is 52.9 Å². The third-order valence-corrected chi connectivity index (χ3v) is 26.4. The van der Waals surface area contributed by atoms with Gasteiger partial charge in [-0.1, -0.05) is 109 Å². The Balaban J connectivity index is 0.991. The number of aliphatic hydroxyl groups excluding tert-OH is 6. The number of unbranched alkanes of at least 4 members (excludes halogenated alkanes) is 1. The zero-order valence-corrected chi connectivity index (χ0v) is 79.8. The van der Waals surface area contributed by atoms with Crippen molar-refractivity contribution in [2.45, 2.75) is 240 Å². The summed E-state index contributed by atoms with van der Waals surface area (Å²) in [6.45, 7) is 14.1. The number of ether oxygens (including phenoxy) is 8. The fourth-order valence-corrected chi connectivity index (χ4v) is 18.4. The summed E-state index contributed by atoms with van der Waals surface area (Å²) in [7, 11) is 1.50. The van der Waals surface area contributed by atoms with E-state index in [0.717, 1.165) is 73.3 Å². The molecule has 11 bridgehead atoms. The number of aliphatic hydroxyl groups is 6. The molecule has 15 rings (SSSR count). The molecule has 38 nitrogen and oxygen atoms in total. The Kier molecular flexibility index (Phi) is 35.1. The number of hydrogen-bond donors (Lipinski definition) is 22. The number of benzene rings is 7. The Morgan fingerprint density at radius 1 is 0.623 bits per heavy atom. The smallest absolute Gasteiger partial charge is 0.248 e. The van der Waals surface area contributed by atoms with Gasteiger partial charge in [0.05, 0.1) is 53.5 Å². The predicted octanol–water partition coefficient (Wildman–Crippen LogP) is 4.83. The van der Waals surface area contributed by atoms with Gasteiger partial charge in [0.1, 0.15) is 89.8 Å². The van der Waals surface area contributed by atoms with Crippen LogP contribution in [0.1, 0.15) is 162 Å². The van der Waals surface area contributed by atoms with Gasteiger partial charge in [0.2, 0.25) is 59.3 Å². The molecule has 0 radical (unpaired) electrons. The number of rotatable bonds is 31. The van der Waals surface area contributed by atoms with Gasteiger partial charge in [-0.25, -0.2) is 0 Å². The minimum Gasteiger partial charge on any atom is -0.508 e. The summed E-state index contributed by atoms with van der Waals surface area (Å²) in [6, 6.07) is 17.5. The summed E-state index contributed by atoms with van der Waals surface area (Å²) in [5.41, 5.74) is 17.5. The number of phenols is 2. The fraction of sp³-hybridized carbons (Fsp3) is 0.485. The molecule has 0 unspecified atom stereocenters. The Morgan fingerprint density at radius 2 is 1.22 bits per heavy atom. The topological polar surface area (TPSA) is 583 Å². The SMILES string of the molecule is CN[C@H](CC(C)C)C(=O)N[C@H]1C(=O)N[C@@H](CC(N)=O)C(=O)N[C@H]2C(=O)N[C@H]3C(=O)N[C@H](C(=O)N[C@@H](C(=O)NCCCNCCCCNCCCN)c4cc(O)cc(O)c4-c4cc3ccc4C)[C@H](O[C@H]3C[C@](C)(N)[C@@H](O)[C@H](C)O3)c3ccc(c(Cl)c3)Oc3cc2cc(c3O[C@@H]2O[C@H](CO)[C@@H](O)[C@H](O)[C@H]2O[C@H]2C[C@](C)(NCc3ccc(-c4ccc(Cl)cc4)cc3)[C@@H](O)[C@H](C)O2)Oc2ccc(cc2Cl)[C@H]1O. The van der Waals surface area contributed by atoms with Gasteiger partial charge in [-0.15, -0.1) is 0 Å². The van der Waals surface area contributed by atoms with E-state index in [9.17, 15) is 50.4 Å². The van der Waals surface area contributed by atoms with Crippen molar-refractivity contribution in [1.82, 2.24) is 58.5 Å². The first-order chi connectivity index (χ1) is 65.7. The van der Waals surface area contributed by atoms with Crippen LogP contribution < -0.4 is 89.9 Å². The number of likely N-dealkylation sites (N-methyl/N-ethyl adjacent to an activating group) is 1. The van der Waals surface area contributed by atoms with Crippen molar-refractivity contribution in [1.29, 1.82) is 0 Å². The highest BCUT2D eigenvalue weighted by Gasteiger charge is 2.53. The van der Waals surface area contributed by atoms with E-state index < -0.39 is 228 Å². The number of aromatic hydroxyl groups is 2. The van der Waals surface area contributed by atoms with Gasteiger partial charge in [0.25, 0.3) is 0 Å². The van der Waals surface area contributed by atoms with Gasteiger partial charge < -0.3 is 154 Å². The number of nitrogens with two attached hydrogens (primary N) is 3. The molecule has 746 valence electrons. The molecule has 22 atom stereocenters. The zero-order chi connectivity index (χ0) is 99.5. The van der Waals surface area contributed by atoms with Gasteiger partial charge in [0.15, 0.2) is 30.2 Å². The van der Waals surface area contributed by atoms with Crippen molar-refractivity contribution < 1.29 is 117 Å². The lowest BCUT2D eigenvalue weighted by Crippen LogP contribution is -2.65. The Bertz CT molecular complexity index is 5520. The molecule has 138 heavy (non-hydrogen) atoms. The van der Waals surface area contributed by atoms with E-state index in [1.165, 1.54) is 75.5 Å². The fourth-order valence-electron chi connectivity index (χ4n) is 17.8. The lowest BCUT2D eigenvalue weighted by Gasteiger charge is -2.48. The van der Waals surface area contributed by atoms with Gasteiger partial charge in [-0.2, -0.15) is 0 Å². The lowest BCUT2D eigenvalue weighted by atomic mass is 9.84. The van der Waals surface area contributed by atoms with Crippen molar-refractivity contribution in [3.63, 3.8) is 0 Å². The third kappa shape index (κ3) is 25.1. The molecule has 0 spiro atoms. The predicted molar refractivity (Wildman–Crippen MR) is 507 cm³/mol. The van der Waals surface area contributed by atoms with Crippen molar-refractivity contribution in [3.05, 3.63) is 181 Å². The summed E-state index contributed by atoms with van der Waals surface area (Å²) in [6.07, 6.45) is -19.6. The van der Waals surface area contributed by atoms with Gasteiger partial charge in [-0.3, -0.25) is 38.4 Å². The monoisotopic (exact) mass is 1970 g/mol. The number of fused-ring (bicyclic) bond motifs is 15. The number of phenolic OH excluding ortho intramolecular Hbond substituents is 2. The number of primary amides is 1. The standard InChI is InChI=1S/C97H123Cl3N14O24/c1-46(2)33-63(104-8)88(124)113-78-80(119)54-21-25-66(61(99)35-54)133-68-37-56-38-69(84(68)138-95-85(82(121)81(120)70(45-115)135-95)137-73-43-97(7,87(123)49(5)132-73)108-44-50-14-17-51(18-15-50)52-19-23-57(98)24-20-52)134-67-26-22-55(36-62(67)100)83(136-72-42-96(6,103)86(122)48(4)131-72)79-94(130)112-77(90(126)107-32-12-31-106-29-10-9-28-105-30-11-27-101)60-39-58(116)40-65(117)74(60)59-34-53(16-13-47(59)3)75(91(127)114-79)111-92(128)76(56)110-89(125)64(41-71(102)118)109-93(78)129/h13-26,34-40,46,48-49,63-64,70,72-73,75-83,85-87,95,104-106,108,115-117,119-123H,9-12,27-33,41-45,101,103H2,1-8H3,(H2,102,118)(H,107,126)(H,109,129)(H,110,125)(H,111,128)(H,112,130)(H,113,124)(H,114,127)/t48-,49-,63+,64-,70+,72-,73-,75+,76+,77+,78+,79-,80+,81+,82-,83+,85+,86-,87-,95-,96-,97-/m0/s1. The highest BCUT2D eigenvalue weighted by molar-refractivity contribution is 6.32. The van der Waals surface area contributed by atoms with E-state index in [2.05, 4.69) is 58.5 Å². The van der Waals surface area contributed by atoms with Crippen molar-refractivity contribution >= 4 is 82.1 Å². The first kappa shape index (κ1) is 105. The molecule has 0 saturated carbocycles. The Morgan fingerprint density at radius 3 is 1.84 bits per heavy atom. The van der Waals surface area contributed by atoms with Crippen LogP contribution in [0.2, 0.25) is 15.1 Å². The number of hydrogen-bond acceptors (Lipinski definition) is 30. The lowest BCUT2D eigenvalue weighted by molar-refractivity contribution is -0.334. The molecule has 3 saturated heterocycles. The molecule has 8 amide bonds. The molecule has 25 N–H and O–H groups in total. The molecule has 8 heterocycles. The maximum Gasteiger partial charge on any atom is 0.248 e. The molecule has 0 aromatic heterocycles. The van der Waals surface area contributed by atoms with Gasteiger partial charge in [-0.05, 0) is 229 Å². The number of halogens is 3. The highest BCUT2D eigenvalue weighted by atomic mass is 35.5. The number of carbonyl (C=O) groups is 8. The zero-order valence-electron chi connectivity index (χ0n) is 77.5. The summed E-state index contributed by atoms with van der Waals surface area (Å²) in [5, 5.41) is 128. The summed E-state index contributed by atoms with van der Waals surface area (Å²) >= 11 is 21.1. The van der Waals surface area contributed by atoms with Crippen LogP contribution in [-0.4, -0.2) is 244 Å². The second-order valence-corrected chi connectivity index (χ2v) is 37.9. The van der Waals surface area contributed by atoms with Crippen molar-refractivity contribution in [3.8, 4) is 62.5 Å². The molecule has 3 fully saturated rings. The van der Waals surface area contributed by atoms with Gasteiger partial charge >= 0.3 is 0 Å². The van der Waals surface area contributed by atoms with Gasteiger partial charge in [0, 0.05) is 53.7 Å². The minimum absolute atomic E-state index is 0.0104. The maximum absolute atomic E-state index is 16.8. The van der Waals surface area contributed by atoms with E-state index in [-0.39, 0.29) is 93.2 Å². The van der Waals surface area contributed by atoms with E-state index in [1.807, 2.05) is 50.2 Å².